The molecule has 0 aliphatic heterocycles. The molecule has 19 heteroatoms. The summed E-state index contributed by atoms with van der Waals surface area (Å²) in [6.45, 7) is -4.00. The lowest BCUT2D eigenvalue weighted by atomic mass is 10.0. The number of halogens is 18. The lowest BCUT2D eigenvalue weighted by Gasteiger charge is -2.34. The number of ether oxygens (including phenoxy) is 1. The van der Waals surface area contributed by atoms with E-state index in [9.17, 15) is 79.0 Å². The maximum Gasteiger partial charge on any atom is 0.460 e. The van der Waals surface area contributed by atoms with Gasteiger partial charge in [-0.3, -0.25) is 0 Å². The van der Waals surface area contributed by atoms with Crippen molar-refractivity contribution < 1.29 is 83.8 Å². The molecule has 0 atom stereocenters. The smallest absolute Gasteiger partial charge is 0.308 e. The summed E-state index contributed by atoms with van der Waals surface area (Å²) in [6, 6.07) is 0. The van der Waals surface area contributed by atoms with Gasteiger partial charge in [-0.25, -0.2) is 4.39 Å². The van der Waals surface area contributed by atoms with Crippen molar-refractivity contribution >= 4 is 0 Å². The predicted octanol–water partition coefficient (Wildman–Crippen LogP) is 6.41. The second-order valence-electron chi connectivity index (χ2n) is 4.86. The zero-order valence-electron chi connectivity index (χ0n) is 12.4. The number of hydrogen-bond acceptors (Lipinski definition) is 1. The number of allylic oxidation sites excluding steroid dienone is 1. The van der Waals surface area contributed by atoms with E-state index in [2.05, 4.69) is 4.74 Å². The van der Waals surface area contributed by atoms with Gasteiger partial charge in [0.1, 0.15) is 6.61 Å². The molecule has 0 heterocycles. The molecule has 174 valence electrons. The van der Waals surface area contributed by atoms with Gasteiger partial charge < -0.3 is 4.74 Å². The molecule has 0 unspecified atom stereocenters. The van der Waals surface area contributed by atoms with Crippen molar-refractivity contribution in [1.82, 2.24) is 0 Å². The van der Waals surface area contributed by atoms with Crippen LogP contribution in [-0.2, 0) is 4.74 Å². The van der Waals surface area contributed by atoms with Crippen LogP contribution in [0.15, 0.2) is 11.7 Å². The van der Waals surface area contributed by atoms with Crippen molar-refractivity contribution in [1.29, 1.82) is 0 Å². The molecule has 0 aliphatic carbocycles. The maximum atomic E-state index is 12.9. The fourth-order valence-corrected chi connectivity index (χ4v) is 1.13. The summed E-state index contributed by atoms with van der Waals surface area (Å²) in [5, 5.41) is 0. The Labute approximate surface area is 145 Å². The zero-order chi connectivity index (χ0) is 24.1. The summed E-state index contributed by atoms with van der Waals surface area (Å²) in [7, 11) is 0. The van der Waals surface area contributed by atoms with Crippen molar-refractivity contribution in [3.05, 3.63) is 11.7 Å². The van der Waals surface area contributed by atoms with Gasteiger partial charge >= 0.3 is 42.2 Å². The van der Waals surface area contributed by atoms with Crippen molar-refractivity contribution in [2.75, 3.05) is 6.61 Å². The van der Waals surface area contributed by atoms with E-state index in [1.807, 2.05) is 0 Å². The number of hydrogen-bond donors (Lipinski definition) is 0. The summed E-state index contributed by atoms with van der Waals surface area (Å²) < 4.78 is 225. The lowest BCUT2D eigenvalue weighted by molar-refractivity contribution is -0.405. The Bertz CT molecular complexity index is 622. The highest BCUT2D eigenvalue weighted by Gasteiger charge is 2.82. The zero-order valence-corrected chi connectivity index (χ0v) is 12.4. The average molecular weight is 480 g/mol. The SMILES string of the molecule is FC(=C(F)C(F)(F)C(F)(F)F)C(F)(F)OCC(F)(F)C(F)(F)C(F)(F)C(F)(F)F. The third kappa shape index (κ3) is 4.79. The molecule has 0 saturated heterocycles. The van der Waals surface area contributed by atoms with Gasteiger partial charge in [-0.05, 0) is 0 Å². The maximum absolute atomic E-state index is 12.9. The van der Waals surface area contributed by atoms with Gasteiger partial charge in [0.2, 0.25) is 11.7 Å². The molecule has 0 aromatic carbocycles. The van der Waals surface area contributed by atoms with Crippen LogP contribution < -0.4 is 0 Å². The Morgan fingerprint density at radius 2 is 0.897 bits per heavy atom. The van der Waals surface area contributed by atoms with Gasteiger partial charge in [0.05, 0.1) is 0 Å². The molecule has 0 aliphatic rings. The third-order valence-corrected chi connectivity index (χ3v) is 2.72. The van der Waals surface area contributed by atoms with E-state index in [0.29, 0.717) is 0 Å². The van der Waals surface area contributed by atoms with E-state index in [0.717, 1.165) is 0 Å². The van der Waals surface area contributed by atoms with Crippen LogP contribution in [0.5, 0.6) is 0 Å². The van der Waals surface area contributed by atoms with Crippen LogP contribution >= 0.6 is 0 Å². The molecule has 0 aromatic rings. The number of alkyl halides is 16. The largest absolute Gasteiger partial charge is 0.460 e. The average Bonchev–Trinajstić information content (AvgIpc) is 2.49. The quantitative estimate of drug-likeness (QED) is 0.383. The van der Waals surface area contributed by atoms with Crippen molar-refractivity contribution in [2.24, 2.45) is 0 Å². The Kier molecular flexibility index (Phi) is 6.90. The van der Waals surface area contributed by atoms with Crippen molar-refractivity contribution in [2.45, 2.75) is 42.2 Å². The van der Waals surface area contributed by atoms with E-state index >= 15 is 0 Å². The van der Waals surface area contributed by atoms with E-state index in [1.165, 1.54) is 0 Å². The first-order valence-corrected chi connectivity index (χ1v) is 6.00. The molecule has 0 radical (unpaired) electrons. The first kappa shape index (κ1) is 27.4. The fourth-order valence-electron chi connectivity index (χ4n) is 1.13. The van der Waals surface area contributed by atoms with Crippen molar-refractivity contribution in [3.8, 4) is 0 Å². The topological polar surface area (TPSA) is 9.23 Å². The second kappa shape index (κ2) is 7.29. The first-order chi connectivity index (χ1) is 12.3. The van der Waals surface area contributed by atoms with Crippen LogP contribution in [0.4, 0.5) is 79.0 Å². The Hall–Kier alpha value is -1.56. The van der Waals surface area contributed by atoms with Gasteiger partial charge in [-0.2, -0.15) is 74.6 Å². The van der Waals surface area contributed by atoms with Crippen molar-refractivity contribution in [3.63, 3.8) is 0 Å². The minimum atomic E-state index is -7.61. The van der Waals surface area contributed by atoms with Gasteiger partial charge in [-0.1, -0.05) is 0 Å². The van der Waals surface area contributed by atoms with Crippen LogP contribution in [0.3, 0.4) is 0 Å². The highest BCUT2D eigenvalue weighted by molar-refractivity contribution is 5.16. The standard InChI is InChI=1S/C10H2F18O/c11-2(5(15,16)9(23,24)25)3(12)6(17,18)29-1-4(13,14)7(19,20)8(21,22)10(26,27)28/h1H2. The van der Waals surface area contributed by atoms with E-state index in [1.54, 1.807) is 0 Å². The molecule has 29 heavy (non-hydrogen) atoms. The number of rotatable bonds is 7. The van der Waals surface area contributed by atoms with Gasteiger partial charge in [0.25, 0.3) is 0 Å². The van der Waals surface area contributed by atoms with Gasteiger partial charge in [0, 0.05) is 0 Å². The molecule has 0 fully saturated rings. The normalized spacial score (nSPS) is 16.8. The summed E-state index contributed by atoms with van der Waals surface area (Å²) >= 11 is 0. The summed E-state index contributed by atoms with van der Waals surface area (Å²) in [4.78, 5) is 0. The Morgan fingerprint density at radius 1 is 0.517 bits per heavy atom. The minimum Gasteiger partial charge on any atom is -0.308 e. The van der Waals surface area contributed by atoms with Crippen LogP contribution in [0.25, 0.3) is 0 Å². The highest BCUT2D eigenvalue weighted by atomic mass is 19.4. The molecule has 0 N–H and O–H groups in total. The van der Waals surface area contributed by atoms with Crippen LogP contribution in [0.1, 0.15) is 0 Å². The molecular weight excluding hydrogens is 478 g/mol. The Morgan fingerprint density at radius 3 is 1.21 bits per heavy atom. The van der Waals surface area contributed by atoms with Crippen LogP contribution in [0.2, 0.25) is 0 Å². The van der Waals surface area contributed by atoms with E-state index < -0.39 is 60.4 Å². The Balaban J connectivity index is 5.87. The first-order valence-electron chi connectivity index (χ1n) is 6.00. The second-order valence-corrected chi connectivity index (χ2v) is 4.86. The van der Waals surface area contributed by atoms with E-state index in [4.69, 9.17) is 0 Å². The summed E-state index contributed by atoms with van der Waals surface area (Å²) in [6.07, 6.45) is -21.1. The molecule has 0 saturated carbocycles. The highest BCUT2D eigenvalue weighted by Crippen LogP contribution is 2.53. The molecular formula is C10H2F18O. The molecule has 0 spiro atoms. The van der Waals surface area contributed by atoms with E-state index in [-0.39, 0.29) is 0 Å². The molecule has 0 rings (SSSR count). The summed E-state index contributed by atoms with van der Waals surface area (Å²) in [5.74, 6) is -38.4. The molecule has 0 bridgehead atoms. The molecule has 0 aromatic heterocycles. The van der Waals surface area contributed by atoms with Crippen LogP contribution in [0, 0.1) is 0 Å². The minimum absolute atomic E-state index is 2.14. The molecule has 0 amide bonds. The van der Waals surface area contributed by atoms with Gasteiger partial charge in [0.15, 0.2) is 0 Å². The summed E-state index contributed by atoms with van der Waals surface area (Å²) in [5.41, 5.74) is 0. The predicted molar refractivity (Wildman–Crippen MR) is 52.0 cm³/mol. The molecule has 1 nitrogen and oxygen atoms in total. The van der Waals surface area contributed by atoms with Gasteiger partial charge in [-0.15, -0.1) is 0 Å². The fraction of sp³-hybridized carbons (Fsp3) is 0.800. The lowest BCUT2D eigenvalue weighted by Crippen LogP contribution is -2.62. The van der Waals surface area contributed by atoms with Crippen LogP contribution in [-0.4, -0.2) is 48.8 Å². The monoisotopic (exact) mass is 480 g/mol. The third-order valence-electron chi connectivity index (χ3n) is 2.72.